The molecule has 16 heavy (non-hydrogen) atoms. The predicted molar refractivity (Wildman–Crippen MR) is 65.2 cm³/mol. The minimum atomic E-state index is -0.0244. The Labute approximate surface area is 96.5 Å². The molecule has 0 heterocycles. The maximum absolute atomic E-state index is 11.2. The molecule has 1 amide bonds. The molecule has 0 fully saturated rings. The molecule has 0 saturated heterocycles. The molecule has 1 rings (SSSR count). The third-order valence-corrected chi connectivity index (χ3v) is 2.50. The Hall–Kier alpha value is -1.96. The SMILES string of the molecule is BN(c1ccc(CC#N)cc1)N(C)C(C)=O. The fourth-order valence-corrected chi connectivity index (χ4v) is 1.31. The summed E-state index contributed by atoms with van der Waals surface area (Å²) >= 11 is 0. The van der Waals surface area contributed by atoms with Crippen LogP contribution in [0.15, 0.2) is 24.3 Å². The molecule has 5 heteroatoms. The van der Waals surface area contributed by atoms with Crippen molar-refractivity contribution in [2.75, 3.05) is 12.0 Å². The molecule has 1 aromatic carbocycles. The average molecular weight is 215 g/mol. The second-order valence-electron chi connectivity index (χ2n) is 3.57. The Morgan fingerprint density at radius 3 is 2.44 bits per heavy atom. The molecule has 4 nitrogen and oxygen atoms in total. The molecular weight excluding hydrogens is 201 g/mol. The van der Waals surface area contributed by atoms with Crippen LogP contribution in [0.5, 0.6) is 0 Å². The van der Waals surface area contributed by atoms with E-state index in [0.717, 1.165) is 11.3 Å². The van der Waals surface area contributed by atoms with Crippen molar-refractivity contribution < 1.29 is 4.79 Å². The first-order chi connectivity index (χ1) is 7.56. The van der Waals surface area contributed by atoms with Gasteiger partial charge in [0.05, 0.1) is 12.5 Å². The van der Waals surface area contributed by atoms with Gasteiger partial charge in [-0.25, -0.2) is 0 Å². The highest BCUT2D eigenvalue weighted by Crippen LogP contribution is 2.14. The van der Waals surface area contributed by atoms with E-state index in [-0.39, 0.29) is 5.91 Å². The lowest BCUT2D eigenvalue weighted by Gasteiger charge is -2.30. The van der Waals surface area contributed by atoms with E-state index >= 15 is 0 Å². The third-order valence-electron chi connectivity index (χ3n) is 2.50. The number of carbonyl (C=O) groups is 1. The van der Waals surface area contributed by atoms with Crippen molar-refractivity contribution in [2.24, 2.45) is 0 Å². The van der Waals surface area contributed by atoms with Crippen LogP contribution in [0, 0.1) is 11.3 Å². The summed E-state index contributed by atoms with van der Waals surface area (Å²) < 4.78 is 0. The number of hydrazine groups is 1. The number of hydrogen-bond acceptors (Lipinski definition) is 3. The summed E-state index contributed by atoms with van der Waals surface area (Å²) in [6.07, 6.45) is 0.409. The van der Waals surface area contributed by atoms with E-state index in [1.54, 1.807) is 12.0 Å². The molecule has 0 saturated carbocycles. The van der Waals surface area contributed by atoms with Crippen molar-refractivity contribution in [2.45, 2.75) is 13.3 Å². The molecule has 0 atom stereocenters. The average Bonchev–Trinajstić information content (AvgIpc) is 2.28. The van der Waals surface area contributed by atoms with E-state index in [4.69, 9.17) is 5.26 Å². The van der Waals surface area contributed by atoms with Gasteiger partial charge in [0, 0.05) is 19.7 Å². The molecule has 0 unspecified atom stereocenters. The Morgan fingerprint density at radius 1 is 1.44 bits per heavy atom. The van der Waals surface area contributed by atoms with Gasteiger partial charge in [-0.1, -0.05) is 12.1 Å². The van der Waals surface area contributed by atoms with Gasteiger partial charge >= 0.3 is 0 Å². The van der Waals surface area contributed by atoms with Gasteiger partial charge in [0.2, 0.25) is 13.9 Å². The van der Waals surface area contributed by atoms with Crippen molar-refractivity contribution in [3.63, 3.8) is 0 Å². The highest BCUT2D eigenvalue weighted by atomic mass is 16.2. The van der Waals surface area contributed by atoms with E-state index in [1.807, 2.05) is 32.2 Å². The molecular formula is C11H14BN3O. The van der Waals surface area contributed by atoms with Crippen LogP contribution in [-0.4, -0.2) is 25.9 Å². The Morgan fingerprint density at radius 2 is 2.00 bits per heavy atom. The smallest absolute Gasteiger partial charge is 0.247 e. The fourth-order valence-electron chi connectivity index (χ4n) is 1.31. The number of benzene rings is 1. The molecule has 82 valence electrons. The number of hydrogen-bond donors (Lipinski definition) is 0. The number of rotatable bonds is 3. The topological polar surface area (TPSA) is 47.3 Å². The molecule has 0 aliphatic carbocycles. The number of nitrogens with zero attached hydrogens (tertiary/aromatic N) is 3. The molecule has 0 bridgehead atoms. The van der Waals surface area contributed by atoms with Crippen molar-refractivity contribution in [1.82, 2.24) is 5.01 Å². The van der Waals surface area contributed by atoms with Crippen LogP contribution in [-0.2, 0) is 11.2 Å². The summed E-state index contributed by atoms with van der Waals surface area (Å²) in [4.78, 5) is 12.9. The first-order valence-corrected chi connectivity index (χ1v) is 5.00. The number of nitriles is 1. The normalized spacial score (nSPS) is 9.31. The maximum atomic E-state index is 11.2. The molecule has 0 radical (unpaired) electrons. The zero-order chi connectivity index (χ0) is 12.1. The lowest BCUT2D eigenvalue weighted by Crippen LogP contribution is -2.41. The van der Waals surface area contributed by atoms with Crippen LogP contribution in [0.1, 0.15) is 12.5 Å². The zero-order valence-electron chi connectivity index (χ0n) is 9.77. The minimum absolute atomic E-state index is 0.0244. The van der Waals surface area contributed by atoms with Crippen LogP contribution < -0.4 is 4.92 Å². The van der Waals surface area contributed by atoms with Crippen LogP contribution >= 0.6 is 0 Å². The highest BCUT2D eigenvalue weighted by Gasteiger charge is 2.08. The fraction of sp³-hybridized carbons (Fsp3) is 0.273. The highest BCUT2D eigenvalue weighted by molar-refractivity contribution is 6.18. The molecule has 0 aromatic heterocycles. The van der Waals surface area contributed by atoms with Gasteiger partial charge in [0.25, 0.3) is 0 Å². The van der Waals surface area contributed by atoms with E-state index in [9.17, 15) is 4.79 Å². The van der Waals surface area contributed by atoms with Gasteiger partial charge in [-0.2, -0.15) is 5.26 Å². The molecule has 0 aliphatic rings. The predicted octanol–water partition coefficient (Wildman–Crippen LogP) is 0.500. The van der Waals surface area contributed by atoms with Gasteiger partial charge in [-0.15, -0.1) is 0 Å². The first kappa shape index (κ1) is 12.1. The molecule has 0 N–H and O–H groups in total. The van der Waals surface area contributed by atoms with Gasteiger partial charge in [0.1, 0.15) is 0 Å². The number of amides is 1. The summed E-state index contributed by atoms with van der Waals surface area (Å²) in [5.74, 6) is -0.0244. The second kappa shape index (κ2) is 5.22. The standard InChI is InChI=1S/C11H14BN3O/c1-9(16)14(2)15(12)11-5-3-10(4-6-11)7-8-13/h3-6H,7,12H2,1-2H3. The summed E-state index contributed by atoms with van der Waals surface area (Å²) in [7, 11) is 3.53. The van der Waals surface area contributed by atoms with E-state index < -0.39 is 0 Å². The summed E-state index contributed by atoms with van der Waals surface area (Å²) in [5, 5.41) is 10.1. The summed E-state index contributed by atoms with van der Waals surface area (Å²) in [6.45, 7) is 1.51. The lowest BCUT2D eigenvalue weighted by molar-refractivity contribution is -0.127. The van der Waals surface area contributed by atoms with Crippen molar-refractivity contribution in [3.8, 4) is 6.07 Å². The van der Waals surface area contributed by atoms with Gasteiger partial charge in [-0.3, -0.25) is 9.80 Å². The third kappa shape index (κ3) is 2.77. The van der Waals surface area contributed by atoms with Crippen molar-refractivity contribution >= 4 is 19.6 Å². The largest absolute Gasteiger partial charge is 0.337 e. The van der Waals surface area contributed by atoms with Gasteiger partial charge < -0.3 is 4.92 Å². The van der Waals surface area contributed by atoms with Crippen LogP contribution in [0.2, 0.25) is 0 Å². The van der Waals surface area contributed by atoms with Crippen molar-refractivity contribution in [3.05, 3.63) is 29.8 Å². The first-order valence-electron chi connectivity index (χ1n) is 5.00. The quantitative estimate of drug-likeness (QED) is 0.544. The summed E-state index contributed by atoms with van der Waals surface area (Å²) in [6, 6.07) is 9.67. The van der Waals surface area contributed by atoms with Crippen LogP contribution in [0.3, 0.4) is 0 Å². The zero-order valence-corrected chi connectivity index (χ0v) is 9.77. The number of carbonyl (C=O) groups excluding carboxylic acids is 1. The van der Waals surface area contributed by atoms with Gasteiger partial charge in [0.15, 0.2) is 0 Å². The van der Waals surface area contributed by atoms with Gasteiger partial charge in [-0.05, 0) is 17.7 Å². The van der Waals surface area contributed by atoms with Crippen LogP contribution in [0.4, 0.5) is 5.69 Å². The minimum Gasteiger partial charge on any atom is -0.337 e. The lowest BCUT2D eigenvalue weighted by atomic mass is 10.1. The van der Waals surface area contributed by atoms with E-state index in [0.29, 0.717) is 6.42 Å². The molecule has 1 aromatic rings. The maximum Gasteiger partial charge on any atom is 0.247 e. The van der Waals surface area contributed by atoms with E-state index in [1.165, 1.54) is 11.9 Å². The van der Waals surface area contributed by atoms with Crippen LogP contribution in [0.25, 0.3) is 0 Å². The monoisotopic (exact) mass is 215 g/mol. The second-order valence-corrected chi connectivity index (χ2v) is 3.57. The van der Waals surface area contributed by atoms with E-state index in [2.05, 4.69) is 6.07 Å². The Balaban J connectivity index is 2.82. The Bertz CT molecular complexity index is 410. The molecule has 0 spiro atoms. The Kier molecular flexibility index (Phi) is 3.95. The number of anilines is 1. The summed E-state index contributed by atoms with van der Waals surface area (Å²) in [5.41, 5.74) is 1.89. The van der Waals surface area contributed by atoms with Crippen molar-refractivity contribution in [1.29, 1.82) is 5.26 Å². The molecule has 0 aliphatic heterocycles.